The molecule has 1 aromatic rings. The first-order chi connectivity index (χ1) is 10.2. The average molecular weight is 310 g/mol. The first kappa shape index (κ1) is 15.9. The first-order valence-corrected chi connectivity index (χ1v) is 8.09. The second kappa shape index (κ2) is 8.09. The lowest BCUT2D eigenvalue weighted by molar-refractivity contribution is 0.203. The van der Waals surface area contributed by atoms with Crippen LogP contribution in [0, 0.1) is 0 Å². The number of nitrogens with one attached hydrogen (secondary N) is 1. The average Bonchev–Trinajstić information content (AvgIpc) is 2.93. The molecule has 0 aliphatic carbocycles. The summed E-state index contributed by atoms with van der Waals surface area (Å²) in [6.45, 7) is 4.12. The van der Waals surface area contributed by atoms with E-state index >= 15 is 0 Å². The van der Waals surface area contributed by atoms with Crippen LogP contribution in [0.1, 0.15) is 31.2 Å². The topological polar surface area (TPSA) is 67.4 Å². The first-order valence-electron chi connectivity index (χ1n) is 7.28. The molecule has 0 saturated carbocycles. The van der Waals surface area contributed by atoms with E-state index in [2.05, 4.69) is 28.5 Å². The molecule has 0 unspecified atom stereocenters. The van der Waals surface area contributed by atoms with Crippen LogP contribution in [0.2, 0.25) is 0 Å². The number of urea groups is 1. The van der Waals surface area contributed by atoms with E-state index in [1.54, 1.807) is 12.0 Å². The summed E-state index contributed by atoms with van der Waals surface area (Å²) in [6.07, 6.45) is 6.07. The zero-order valence-electron chi connectivity index (χ0n) is 12.6. The number of anilines is 1. The quantitative estimate of drug-likeness (QED) is 0.820. The van der Waals surface area contributed by atoms with Crippen LogP contribution >= 0.6 is 11.3 Å². The summed E-state index contributed by atoms with van der Waals surface area (Å²) in [7, 11) is 1.69. The second-order valence-electron chi connectivity index (χ2n) is 5.03. The number of rotatable bonds is 6. The maximum absolute atomic E-state index is 12.1. The third kappa shape index (κ3) is 4.78. The van der Waals surface area contributed by atoms with Crippen molar-refractivity contribution in [3.8, 4) is 0 Å². The molecule has 1 aliphatic rings. The number of unbranched alkanes of at least 4 members (excludes halogenated alkanes) is 1. The Hall–Kier alpha value is -1.47. The van der Waals surface area contributed by atoms with Gasteiger partial charge in [-0.15, -0.1) is 10.2 Å². The Morgan fingerprint density at radius 1 is 1.52 bits per heavy atom. The lowest BCUT2D eigenvalue weighted by atomic mass is 10.1. The van der Waals surface area contributed by atoms with Gasteiger partial charge in [-0.1, -0.05) is 30.8 Å². The molecule has 0 spiro atoms. The van der Waals surface area contributed by atoms with Crippen molar-refractivity contribution in [2.75, 3.05) is 32.1 Å². The van der Waals surface area contributed by atoms with E-state index < -0.39 is 0 Å². The van der Waals surface area contributed by atoms with Crippen LogP contribution < -0.4 is 5.32 Å². The van der Waals surface area contributed by atoms with Crippen molar-refractivity contribution < 1.29 is 9.53 Å². The normalized spacial score (nSPS) is 15.0. The van der Waals surface area contributed by atoms with Gasteiger partial charge in [-0.2, -0.15) is 0 Å². The molecular weight excluding hydrogens is 288 g/mol. The molecule has 1 N–H and O–H groups in total. The number of hydrogen-bond donors (Lipinski definition) is 1. The summed E-state index contributed by atoms with van der Waals surface area (Å²) >= 11 is 1.46. The fourth-order valence-electron chi connectivity index (χ4n) is 2.12. The van der Waals surface area contributed by atoms with E-state index in [0.717, 1.165) is 30.7 Å². The van der Waals surface area contributed by atoms with E-state index in [4.69, 9.17) is 4.74 Å². The highest BCUT2D eigenvalue weighted by molar-refractivity contribution is 7.15. The van der Waals surface area contributed by atoms with Gasteiger partial charge in [0.25, 0.3) is 0 Å². The number of ether oxygens (including phenoxy) is 1. The number of nitrogens with zero attached hydrogens (tertiary/aromatic N) is 3. The fraction of sp³-hybridized carbons (Fsp3) is 0.643. The molecule has 2 rings (SSSR count). The Labute approximate surface area is 129 Å². The molecule has 0 atom stereocenters. The molecule has 2 amide bonds. The molecule has 7 heteroatoms. The summed E-state index contributed by atoms with van der Waals surface area (Å²) < 4.78 is 5.10. The van der Waals surface area contributed by atoms with Crippen molar-refractivity contribution in [1.82, 2.24) is 15.1 Å². The van der Waals surface area contributed by atoms with Gasteiger partial charge in [-0.05, 0) is 18.4 Å². The zero-order valence-corrected chi connectivity index (χ0v) is 13.4. The molecule has 0 bridgehead atoms. The maximum atomic E-state index is 12.1. The van der Waals surface area contributed by atoms with Crippen LogP contribution in [-0.4, -0.2) is 47.9 Å². The van der Waals surface area contributed by atoms with Crippen molar-refractivity contribution in [2.45, 2.75) is 32.6 Å². The Balaban J connectivity index is 1.83. The van der Waals surface area contributed by atoms with Gasteiger partial charge in [0.05, 0.1) is 6.61 Å². The number of amides is 2. The van der Waals surface area contributed by atoms with Crippen LogP contribution in [0.4, 0.5) is 9.93 Å². The molecule has 0 fully saturated rings. The number of carbonyl (C=O) groups is 1. The summed E-state index contributed by atoms with van der Waals surface area (Å²) in [5.41, 5.74) is 1.25. The molecule has 2 heterocycles. The van der Waals surface area contributed by atoms with Gasteiger partial charge in [0, 0.05) is 26.6 Å². The molecular formula is C14H22N4O2S. The highest BCUT2D eigenvalue weighted by Gasteiger charge is 2.18. The summed E-state index contributed by atoms with van der Waals surface area (Å²) in [6, 6.07) is -0.110. The fourth-order valence-corrected chi connectivity index (χ4v) is 2.89. The van der Waals surface area contributed by atoms with Crippen molar-refractivity contribution >= 4 is 22.5 Å². The molecule has 116 valence electrons. The van der Waals surface area contributed by atoms with E-state index in [-0.39, 0.29) is 6.03 Å². The predicted molar refractivity (Wildman–Crippen MR) is 83.7 cm³/mol. The Morgan fingerprint density at radius 2 is 2.38 bits per heavy atom. The molecule has 0 saturated heterocycles. The SMILES string of the molecule is CCCCc1nnc(NC(=O)N2CC=C(COC)CC2)s1. The van der Waals surface area contributed by atoms with E-state index in [0.29, 0.717) is 24.8 Å². The smallest absolute Gasteiger partial charge is 0.323 e. The third-order valence-corrected chi connectivity index (χ3v) is 4.24. The van der Waals surface area contributed by atoms with Crippen LogP contribution in [0.25, 0.3) is 0 Å². The lowest BCUT2D eigenvalue weighted by Crippen LogP contribution is -2.38. The van der Waals surface area contributed by atoms with E-state index in [1.165, 1.54) is 16.9 Å². The Kier molecular flexibility index (Phi) is 6.13. The van der Waals surface area contributed by atoms with E-state index in [1.807, 2.05) is 0 Å². The highest BCUT2D eigenvalue weighted by Crippen LogP contribution is 2.18. The molecule has 1 aromatic heterocycles. The third-order valence-electron chi connectivity index (χ3n) is 3.35. The van der Waals surface area contributed by atoms with Crippen molar-refractivity contribution in [3.63, 3.8) is 0 Å². The lowest BCUT2D eigenvalue weighted by Gasteiger charge is -2.25. The number of aryl methyl sites for hydroxylation is 1. The van der Waals surface area contributed by atoms with Crippen LogP contribution in [0.15, 0.2) is 11.6 Å². The van der Waals surface area contributed by atoms with Crippen LogP contribution in [0.3, 0.4) is 0 Å². The van der Waals surface area contributed by atoms with Crippen LogP contribution in [-0.2, 0) is 11.2 Å². The maximum Gasteiger partial charge on any atom is 0.323 e. The number of aromatic nitrogens is 2. The molecule has 6 nitrogen and oxygen atoms in total. The summed E-state index contributed by atoms with van der Waals surface area (Å²) in [4.78, 5) is 13.9. The van der Waals surface area contributed by atoms with Crippen LogP contribution in [0.5, 0.6) is 0 Å². The minimum atomic E-state index is -0.110. The van der Waals surface area contributed by atoms with E-state index in [9.17, 15) is 4.79 Å². The number of methoxy groups -OCH3 is 1. The summed E-state index contributed by atoms with van der Waals surface area (Å²) in [5, 5.41) is 12.5. The van der Waals surface area contributed by atoms with Gasteiger partial charge >= 0.3 is 6.03 Å². The summed E-state index contributed by atoms with van der Waals surface area (Å²) in [5.74, 6) is 0. The second-order valence-corrected chi connectivity index (χ2v) is 6.09. The molecule has 0 radical (unpaired) electrons. The monoisotopic (exact) mass is 310 g/mol. The highest BCUT2D eigenvalue weighted by atomic mass is 32.1. The van der Waals surface area contributed by atoms with Gasteiger partial charge < -0.3 is 9.64 Å². The standard InChI is InChI=1S/C14H22N4O2S/c1-3-4-5-12-16-17-13(21-12)15-14(19)18-8-6-11(7-9-18)10-20-2/h6H,3-5,7-10H2,1-2H3,(H,15,17,19). The number of hydrogen-bond acceptors (Lipinski definition) is 5. The largest absolute Gasteiger partial charge is 0.380 e. The Morgan fingerprint density at radius 3 is 3.05 bits per heavy atom. The minimum absolute atomic E-state index is 0.110. The van der Waals surface area contributed by atoms with Crippen molar-refractivity contribution in [1.29, 1.82) is 0 Å². The molecule has 21 heavy (non-hydrogen) atoms. The number of carbonyl (C=O) groups excluding carboxylic acids is 1. The van der Waals surface area contributed by atoms with Crippen molar-refractivity contribution in [2.24, 2.45) is 0 Å². The minimum Gasteiger partial charge on any atom is -0.380 e. The van der Waals surface area contributed by atoms with Gasteiger partial charge in [-0.3, -0.25) is 5.32 Å². The van der Waals surface area contributed by atoms with Gasteiger partial charge in [0.1, 0.15) is 5.01 Å². The van der Waals surface area contributed by atoms with Gasteiger partial charge in [0.15, 0.2) is 0 Å². The Bertz CT molecular complexity index is 501. The van der Waals surface area contributed by atoms with Gasteiger partial charge in [0.2, 0.25) is 5.13 Å². The molecule has 0 aromatic carbocycles. The van der Waals surface area contributed by atoms with Gasteiger partial charge in [-0.25, -0.2) is 4.79 Å². The molecule has 1 aliphatic heterocycles. The zero-order chi connectivity index (χ0) is 15.1. The van der Waals surface area contributed by atoms with Crippen molar-refractivity contribution in [3.05, 3.63) is 16.7 Å². The predicted octanol–water partition coefficient (Wildman–Crippen LogP) is 2.69.